The molecule has 3 rings (SSSR count). The van der Waals surface area contributed by atoms with Gasteiger partial charge < -0.3 is 4.57 Å². The molecule has 2 heteroatoms. The van der Waals surface area contributed by atoms with Crippen molar-refractivity contribution in [2.75, 3.05) is 0 Å². The minimum atomic E-state index is 1.03. The molecule has 0 radical (unpaired) electrons. The van der Waals surface area contributed by atoms with Crippen LogP contribution in [0.15, 0.2) is 53.5 Å². The smallest absolute Gasteiger partial charge is 0.0659 e. The van der Waals surface area contributed by atoms with Gasteiger partial charge >= 0.3 is 0 Å². The zero-order valence-corrected chi connectivity index (χ0v) is 15.8. The molecule has 2 aromatic carbocycles. The molecule has 0 spiro atoms. The highest BCUT2D eigenvalue weighted by atomic mass is 15.0. The second-order valence-electron chi connectivity index (χ2n) is 6.73. The summed E-state index contributed by atoms with van der Waals surface area (Å²) in [5.41, 5.74) is 9.69. The average Bonchev–Trinajstić information content (AvgIpc) is 2.88. The van der Waals surface area contributed by atoms with Crippen LogP contribution in [-0.4, -0.2) is 10.8 Å². The predicted molar refractivity (Wildman–Crippen MR) is 108 cm³/mol. The van der Waals surface area contributed by atoms with Gasteiger partial charge in [-0.05, 0) is 69.5 Å². The van der Waals surface area contributed by atoms with Crippen LogP contribution in [0.3, 0.4) is 0 Å². The van der Waals surface area contributed by atoms with Gasteiger partial charge in [0.2, 0.25) is 0 Å². The highest BCUT2D eigenvalue weighted by Gasteiger charge is 2.09. The Morgan fingerprint density at radius 2 is 1.64 bits per heavy atom. The fraction of sp³-hybridized carbons (Fsp3) is 0.261. The van der Waals surface area contributed by atoms with Crippen molar-refractivity contribution in [2.45, 2.75) is 41.0 Å². The van der Waals surface area contributed by atoms with Crippen molar-refractivity contribution in [1.82, 2.24) is 4.57 Å². The Bertz CT molecular complexity index is 912. The summed E-state index contributed by atoms with van der Waals surface area (Å²) in [6.45, 7) is 10.7. The van der Waals surface area contributed by atoms with Gasteiger partial charge in [0, 0.05) is 28.9 Å². The van der Waals surface area contributed by atoms with Gasteiger partial charge in [0.1, 0.15) is 0 Å². The molecule has 0 saturated carbocycles. The Kier molecular flexibility index (Phi) is 4.89. The first kappa shape index (κ1) is 17.2. The highest BCUT2D eigenvalue weighted by molar-refractivity contribution is 5.84. The Morgan fingerprint density at radius 1 is 0.920 bits per heavy atom. The van der Waals surface area contributed by atoms with Crippen LogP contribution >= 0.6 is 0 Å². The van der Waals surface area contributed by atoms with Crippen LogP contribution in [0.2, 0.25) is 0 Å². The first-order valence-electron chi connectivity index (χ1n) is 8.89. The minimum absolute atomic E-state index is 1.03. The van der Waals surface area contributed by atoms with Crippen molar-refractivity contribution < 1.29 is 0 Å². The van der Waals surface area contributed by atoms with Gasteiger partial charge in [-0.15, -0.1) is 0 Å². The second kappa shape index (κ2) is 7.10. The standard InChI is InChI=1S/C23H26N2/c1-6-20-8-10-22(11-9-20)25-18(4)14-21(19(25)5)15-24-23-12-7-16(2)13-17(23)3/h7-15H,6H2,1-5H3. The van der Waals surface area contributed by atoms with Gasteiger partial charge in [-0.1, -0.05) is 36.8 Å². The minimum Gasteiger partial charge on any atom is -0.318 e. The van der Waals surface area contributed by atoms with Crippen molar-refractivity contribution >= 4 is 11.9 Å². The fourth-order valence-electron chi connectivity index (χ4n) is 3.29. The summed E-state index contributed by atoms with van der Waals surface area (Å²) in [6, 6.07) is 17.4. The van der Waals surface area contributed by atoms with E-state index >= 15 is 0 Å². The molecule has 1 aromatic heterocycles. The van der Waals surface area contributed by atoms with Crippen LogP contribution in [0.25, 0.3) is 5.69 Å². The number of hydrogen-bond acceptors (Lipinski definition) is 1. The Balaban J connectivity index is 1.94. The monoisotopic (exact) mass is 330 g/mol. The number of hydrogen-bond donors (Lipinski definition) is 0. The lowest BCUT2D eigenvalue weighted by Crippen LogP contribution is -1.99. The molecule has 0 bridgehead atoms. The summed E-state index contributed by atoms with van der Waals surface area (Å²) in [4.78, 5) is 4.72. The molecule has 128 valence electrons. The lowest BCUT2D eigenvalue weighted by Gasteiger charge is -2.10. The van der Waals surface area contributed by atoms with Crippen LogP contribution in [0.5, 0.6) is 0 Å². The maximum absolute atomic E-state index is 4.72. The zero-order chi connectivity index (χ0) is 18.0. The van der Waals surface area contributed by atoms with Crippen molar-refractivity contribution in [3.8, 4) is 5.69 Å². The molecule has 0 aliphatic heterocycles. The number of rotatable bonds is 4. The highest BCUT2D eigenvalue weighted by Crippen LogP contribution is 2.23. The van der Waals surface area contributed by atoms with Crippen molar-refractivity contribution in [3.05, 3.63) is 82.2 Å². The third kappa shape index (κ3) is 3.58. The summed E-state index contributed by atoms with van der Waals surface area (Å²) < 4.78 is 2.29. The zero-order valence-electron chi connectivity index (χ0n) is 15.8. The number of aliphatic imine (C=N–C) groups is 1. The van der Waals surface area contributed by atoms with Crippen LogP contribution in [0.4, 0.5) is 5.69 Å². The van der Waals surface area contributed by atoms with E-state index in [1.165, 1.54) is 33.8 Å². The van der Waals surface area contributed by atoms with E-state index in [0.717, 1.165) is 17.7 Å². The van der Waals surface area contributed by atoms with E-state index < -0.39 is 0 Å². The summed E-state index contributed by atoms with van der Waals surface area (Å²) >= 11 is 0. The molecular formula is C23H26N2. The maximum Gasteiger partial charge on any atom is 0.0659 e. The number of benzene rings is 2. The van der Waals surface area contributed by atoms with Crippen molar-refractivity contribution in [3.63, 3.8) is 0 Å². The van der Waals surface area contributed by atoms with Crippen LogP contribution in [-0.2, 0) is 6.42 Å². The quantitative estimate of drug-likeness (QED) is 0.520. The van der Waals surface area contributed by atoms with E-state index in [0.29, 0.717) is 0 Å². The number of aromatic nitrogens is 1. The van der Waals surface area contributed by atoms with Crippen LogP contribution < -0.4 is 0 Å². The summed E-state index contributed by atoms with van der Waals surface area (Å²) in [7, 11) is 0. The molecule has 0 atom stereocenters. The predicted octanol–water partition coefficient (Wildman–Crippen LogP) is 6.02. The van der Waals surface area contributed by atoms with E-state index in [2.05, 4.69) is 87.7 Å². The summed E-state index contributed by atoms with van der Waals surface area (Å²) in [5.74, 6) is 0. The first-order chi connectivity index (χ1) is 12.0. The molecule has 0 aliphatic rings. The maximum atomic E-state index is 4.72. The average molecular weight is 330 g/mol. The Hall–Kier alpha value is -2.61. The summed E-state index contributed by atoms with van der Waals surface area (Å²) in [5, 5.41) is 0. The third-order valence-corrected chi connectivity index (χ3v) is 4.77. The molecular weight excluding hydrogens is 304 g/mol. The normalized spacial score (nSPS) is 11.4. The molecule has 0 unspecified atom stereocenters. The topological polar surface area (TPSA) is 17.3 Å². The van der Waals surface area contributed by atoms with E-state index in [-0.39, 0.29) is 0 Å². The number of aryl methyl sites for hydroxylation is 4. The van der Waals surface area contributed by atoms with Gasteiger partial charge in [0.05, 0.1) is 5.69 Å². The van der Waals surface area contributed by atoms with Gasteiger partial charge in [0.15, 0.2) is 0 Å². The molecule has 0 amide bonds. The van der Waals surface area contributed by atoms with E-state index in [1.54, 1.807) is 0 Å². The summed E-state index contributed by atoms with van der Waals surface area (Å²) in [6.07, 6.45) is 3.05. The molecule has 2 nitrogen and oxygen atoms in total. The SMILES string of the molecule is CCc1ccc(-n2c(C)cc(C=Nc3ccc(C)cc3C)c2C)cc1. The number of nitrogens with zero attached hydrogens (tertiary/aromatic N) is 2. The molecule has 0 saturated heterocycles. The Morgan fingerprint density at radius 3 is 2.28 bits per heavy atom. The van der Waals surface area contributed by atoms with Gasteiger partial charge in [-0.3, -0.25) is 4.99 Å². The fourth-order valence-corrected chi connectivity index (χ4v) is 3.29. The second-order valence-corrected chi connectivity index (χ2v) is 6.73. The lowest BCUT2D eigenvalue weighted by atomic mass is 10.1. The Labute approximate surface area is 150 Å². The first-order valence-corrected chi connectivity index (χ1v) is 8.89. The lowest BCUT2D eigenvalue weighted by molar-refractivity contribution is 0.962. The molecule has 1 heterocycles. The van der Waals surface area contributed by atoms with E-state index in [4.69, 9.17) is 4.99 Å². The van der Waals surface area contributed by atoms with Gasteiger partial charge in [-0.25, -0.2) is 0 Å². The van der Waals surface area contributed by atoms with Gasteiger partial charge in [0.25, 0.3) is 0 Å². The molecule has 0 N–H and O–H groups in total. The van der Waals surface area contributed by atoms with E-state index in [1.807, 2.05) is 6.21 Å². The van der Waals surface area contributed by atoms with Crippen molar-refractivity contribution in [2.24, 2.45) is 4.99 Å². The molecule has 3 aromatic rings. The van der Waals surface area contributed by atoms with Crippen LogP contribution in [0.1, 0.15) is 40.6 Å². The van der Waals surface area contributed by atoms with E-state index in [9.17, 15) is 0 Å². The van der Waals surface area contributed by atoms with Gasteiger partial charge in [-0.2, -0.15) is 0 Å². The third-order valence-electron chi connectivity index (χ3n) is 4.77. The van der Waals surface area contributed by atoms with Crippen molar-refractivity contribution in [1.29, 1.82) is 0 Å². The largest absolute Gasteiger partial charge is 0.318 e. The molecule has 0 aliphatic carbocycles. The van der Waals surface area contributed by atoms with Crippen LogP contribution in [0, 0.1) is 27.7 Å². The molecule has 25 heavy (non-hydrogen) atoms. The molecule has 0 fully saturated rings.